The van der Waals surface area contributed by atoms with Crippen molar-refractivity contribution in [2.75, 3.05) is 18.8 Å². The molecule has 0 bridgehead atoms. The number of anilines is 1. The quantitative estimate of drug-likeness (QED) is 0.845. The molecule has 0 fully saturated rings. The van der Waals surface area contributed by atoms with Crippen molar-refractivity contribution in [3.63, 3.8) is 0 Å². The van der Waals surface area contributed by atoms with Gasteiger partial charge in [0.15, 0.2) is 0 Å². The third kappa shape index (κ3) is 3.72. The van der Waals surface area contributed by atoms with Gasteiger partial charge in [-0.05, 0) is 51.6 Å². The van der Waals surface area contributed by atoms with Crippen LogP contribution in [-0.2, 0) is 12.0 Å². The first-order chi connectivity index (χ1) is 8.29. The fraction of sp³-hybridized carbons (Fsp3) is 0.600. The van der Waals surface area contributed by atoms with Gasteiger partial charge in [-0.2, -0.15) is 0 Å². The summed E-state index contributed by atoms with van der Waals surface area (Å²) in [7, 11) is 0. The van der Waals surface area contributed by atoms with Gasteiger partial charge in [0.05, 0.1) is 0 Å². The number of nitrogen functional groups attached to an aromatic ring is 1. The van der Waals surface area contributed by atoms with Crippen LogP contribution in [0.2, 0.25) is 0 Å². The summed E-state index contributed by atoms with van der Waals surface area (Å²) >= 11 is 3.58. The molecule has 18 heavy (non-hydrogen) atoms. The number of nitrogens with two attached hydrogens (primary N) is 1. The molecule has 3 heteroatoms. The van der Waals surface area contributed by atoms with Crippen LogP contribution in [-0.4, -0.2) is 18.0 Å². The minimum Gasteiger partial charge on any atom is -0.398 e. The van der Waals surface area contributed by atoms with E-state index in [9.17, 15) is 0 Å². The summed E-state index contributed by atoms with van der Waals surface area (Å²) in [5.41, 5.74) is 9.66. The van der Waals surface area contributed by atoms with E-state index in [1.165, 1.54) is 11.1 Å². The second kappa shape index (κ2) is 6.07. The molecular formula is C15H25BrN2. The van der Waals surface area contributed by atoms with Crippen molar-refractivity contribution < 1.29 is 0 Å². The number of halogens is 1. The van der Waals surface area contributed by atoms with Crippen molar-refractivity contribution in [1.29, 1.82) is 0 Å². The van der Waals surface area contributed by atoms with Crippen LogP contribution < -0.4 is 5.73 Å². The molecule has 0 aliphatic heterocycles. The fourth-order valence-corrected chi connectivity index (χ4v) is 2.60. The molecule has 0 saturated heterocycles. The Morgan fingerprint density at radius 1 is 1.17 bits per heavy atom. The molecule has 102 valence electrons. The molecule has 0 spiro atoms. The Balaban J connectivity index is 3.12. The van der Waals surface area contributed by atoms with E-state index >= 15 is 0 Å². The van der Waals surface area contributed by atoms with Gasteiger partial charge in [0, 0.05) is 16.7 Å². The molecule has 1 rings (SSSR count). The van der Waals surface area contributed by atoms with Crippen LogP contribution in [0.15, 0.2) is 16.6 Å². The van der Waals surface area contributed by atoms with Crippen LogP contribution in [0.25, 0.3) is 0 Å². The second-order valence-corrected chi connectivity index (χ2v) is 6.60. The van der Waals surface area contributed by atoms with Gasteiger partial charge in [0.1, 0.15) is 0 Å². The van der Waals surface area contributed by atoms with E-state index in [0.717, 1.165) is 29.8 Å². The van der Waals surface area contributed by atoms with Crippen LogP contribution in [0.4, 0.5) is 5.69 Å². The normalized spacial score (nSPS) is 12.2. The van der Waals surface area contributed by atoms with E-state index in [4.69, 9.17) is 5.73 Å². The number of benzene rings is 1. The summed E-state index contributed by atoms with van der Waals surface area (Å²) in [6, 6.07) is 4.39. The summed E-state index contributed by atoms with van der Waals surface area (Å²) in [6.07, 6.45) is 0. The number of nitrogens with zero attached hydrogens (tertiary/aromatic N) is 1. The summed E-state index contributed by atoms with van der Waals surface area (Å²) in [5, 5.41) is 0. The maximum absolute atomic E-state index is 6.17. The van der Waals surface area contributed by atoms with Crippen molar-refractivity contribution in [2.45, 2.75) is 46.6 Å². The Bertz CT molecular complexity index is 404. The van der Waals surface area contributed by atoms with Gasteiger partial charge < -0.3 is 5.73 Å². The fourth-order valence-electron chi connectivity index (χ4n) is 2.09. The molecule has 0 aromatic heterocycles. The smallest absolute Gasteiger partial charge is 0.0496 e. The van der Waals surface area contributed by atoms with Crippen molar-refractivity contribution in [3.8, 4) is 0 Å². The summed E-state index contributed by atoms with van der Waals surface area (Å²) in [4.78, 5) is 2.41. The summed E-state index contributed by atoms with van der Waals surface area (Å²) in [5.74, 6) is 0. The topological polar surface area (TPSA) is 29.3 Å². The molecule has 2 nitrogen and oxygen atoms in total. The van der Waals surface area contributed by atoms with Crippen LogP contribution in [0.1, 0.15) is 45.7 Å². The summed E-state index contributed by atoms with van der Waals surface area (Å²) < 4.78 is 1.01. The molecule has 0 aliphatic carbocycles. The lowest BCUT2D eigenvalue weighted by molar-refractivity contribution is 0.295. The summed E-state index contributed by atoms with van der Waals surface area (Å²) in [6.45, 7) is 14.1. The first-order valence-electron chi connectivity index (χ1n) is 6.60. The Morgan fingerprint density at radius 3 is 2.17 bits per heavy atom. The Morgan fingerprint density at radius 2 is 1.72 bits per heavy atom. The van der Waals surface area contributed by atoms with Gasteiger partial charge >= 0.3 is 0 Å². The zero-order valence-corrected chi connectivity index (χ0v) is 13.8. The largest absolute Gasteiger partial charge is 0.398 e. The molecule has 1 aromatic rings. The standard InChI is InChI=1S/C15H25BrN2/c1-6-18(7-2)10-11-8-12(15(3,4)5)14(17)13(16)9-11/h8-9H,6-7,10,17H2,1-5H3. The zero-order valence-electron chi connectivity index (χ0n) is 12.2. The molecule has 1 aromatic carbocycles. The third-order valence-electron chi connectivity index (χ3n) is 3.30. The number of hydrogen-bond donors (Lipinski definition) is 1. The van der Waals surface area contributed by atoms with Crippen molar-refractivity contribution in [3.05, 3.63) is 27.7 Å². The first-order valence-corrected chi connectivity index (χ1v) is 7.39. The average Bonchev–Trinajstić information content (AvgIpc) is 2.28. The van der Waals surface area contributed by atoms with Crippen LogP contribution >= 0.6 is 15.9 Å². The highest BCUT2D eigenvalue weighted by molar-refractivity contribution is 9.10. The molecule has 0 saturated carbocycles. The van der Waals surface area contributed by atoms with E-state index in [1.54, 1.807) is 0 Å². The maximum Gasteiger partial charge on any atom is 0.0496 e. The monoisotopic (exact) mass is 312 g/mol. The van der Waals surface area contributed by atoms with Crippen molar-refractivity contribution >= 4 is 21.6 Å². The minimum absolute atomic E-state index is 0.0753. The lowest BCUT2D eigenvalue weighted by atomic mass is 9.85. The molecule has 0 amide bonds. The molecule has 0 heterocycles. The Labute approximate surface area is 120 Å². The van der Waals surface area contributed by atoms with Crippen LogP contribution in [0.5, 0.6) is 0 Å². The second-order valence-electron chi connectivity index (χ2n) is 5.75. The minimum atomic E-state index is 0.0753. The van der Waals surface area contributed by atoms with Gasteiger partial charge in [0.2, 0.25) is 0 Å². The van der Waals surface area contributed by atoms with Crippen LogP contribution in [0.3, 0.4) is 0 Å². The molecule has 0 atom stereocenters. The van der Waals surface area contributed by atoms with Gasteiger partial charge in [-0.15, -0.1) is 0 Å². The predicted molar refractivity (Wildman–Crippen MR) is 83.9 cm³/mol. The van der Waals surface area contributed by atoms with Crippen LogP contribution in [0, 0.1) is 0 Å². The SMILES string of the molecule is CCN(CC)Cc1cc(Br)c(N)c(C(C)(C)C)c1. The molecule has 0 radical (unpaired) electrons. The van der Waals surface area contributed by atoms with Gasteiger partial charge in [0.25, 0.3) is 0 Å². The van der Waals surface area contributed by atoms with Gasteiger partial charge in [-0.25, -0.2) is 0 Å². The van der Waals surface area contributed by atoms with E-state index in [2.05, 4.69) is 67.6 Å². The molecule has 0 aliphatic rings. The molecule has 0 unspecified atom stereocenters. The number of rotatable bonds is 4. The lowest BCUT2D eigenvalue weighted by Crippen LogP contribution is -2.23. The van der Waals surface area contributed by atoms with E-state index in [0.29, 0.717) is 0 Å². The zero-order chi connectivity index (χ0) is 13.9. The van der Waals surface area contributed by atoms with E-state index in [-0.39, 0.29) is 5.41 Å². The highest BCUT2D eigenvalue weighted by Gasteiger charge is 2.19. The van der Waals surface area contributed by atoms with Crippen molar-refractivity contribution in [2.24, 2.45) is 0 Å². The first kappa shape index (κ1) is 15.5. The highest BCUT2D eigenvalue weighted by Crippen LogP contribution is 2.34. The van der Waals surface area contributed by atoms with E-state index in [1.807, 2.05) is 0 Å². The molecule has 2 N–H and O–H groups in total. The van der Waals surface area contributed by atoms with E-state index < -0.39 is 0 Å². The maximum atomic E-state index is 6.17. The Kier molecular flexibility index (Phi) is 5.23. The van der Waals surface area contributed by atoms with Gasteiger partial charge in [-0.1, -0.05) is 40.7 Å². The predicted octanol–water partition coefficient (Wildman–Crippen LogP) is 4.17. The van der Waals surface area contributed by atoms with Crippen molar-refractivity contribution in [1.82, 2.24) is 4.90 Å². The average molecular weight is 313 g/mol. The number of hydrogen-bond acceptors (Lipinski definition) is 2. The lowest BCUT2D eigenvalue weighted by Gasteiger charge is -2.25. The highest BCUT2D eigenvalue weighted by atomic mass is 79.9. The Hall–Kier alpha value is -0.540. The third-order valence-corrected chi connectivity index (χ3v) is 3.95. The molecular weight excluding hydrogens is 288 g/mol. The van der Waals surface area contributed by atoms with Gasteiger partial charge in [-0.3, -0.25) is 4.90 Å².